The minimum atomic E-state index is 0.459. The Morgan fingerprint density at radius 2 is 1.95 bits per heavy atom. The van der Waals surface area contributed by atoms with E-state index in [1.807, 2.05) is 6.07 Å². The number of nitrogens with zero attached hydrogens (tertiary/aromatic N) is 2. The predicted molar refractivity (Wildman–Crippen MR) is 82.2 cm³/mol. The molecule has 1 fully saturated rings. The van der Waals surface area contributed by atoms with Gasteiger partial charge in [-0.3, -0.25) is 0 Å². The number of hydrogen-bond donors (Lipinski definition) is 2. The molecule has 0 amide bonds. The Morgan fingerprint density at radius 1 is 1.20 bits per heavy atom. The van der Waals surface area contributed by atoms with Crippen LogP contribution >= 0.6 is 0 Å². The number of aromatic nitrogens is 2. The zero-order valence-corrected chi connectivity index (χ0v) is 11.9. The highest BCUT2D eigenvalue weighted by Crippen LogP contribution is 2.39. The topological polar surface area (TPSA) is 63.8 Å². The number of nitrogen functional groups attached to an aromatic ring is 1. The summed E-state index contributed by atoms with van der Waals surface area (Å²) in [5.74, 6) is 3.15. The second kappa shape index (κ2) is 5.12. The molecule has 0 spiro atoms. The van der Waals surface area contributed by atoms with Gasteiger partial charge in [-0.05, 0) is 30.4 Å². The molecule has 1 aromatic carbocycles. The maximum Gasteiger partial charge on any atom is 0.136 e. The molecule has 0 aliphatic heterocycles. The van der Waals surface area contributed by atoms with Crippen LogP contribution in [0.2, 0.25) is 0 Å². The van der Waals surface area contributed by atoms with Gasteiger partial charge in [-0.1, -0.05) is 32.0 Å². The van der Waals surface area contributed by atoms with Gasteiger partial charge in [0.1, 0.15) is 17.5 Å². The van der Waals surface area contributed by atoms with Gasteiger partial charge in [-0.2, -0.15) is 0 Å². The Bertz CT molecular complexity index is 618. The van der Waals surface area contributed by atoms with E-state index in [1.165, 1.54) is 18.4 Å². The summed E-state index contributed by atoms with van der Waals surface area (Å²) >= 11 is 0. The van der Waals surface area contributed by atoms with E-state index in [9.17, 15) is 0 Å². The third-order valence-electron chi connectivity index (χ3n) is 3.55. The summed E-state index contributed by atoms with van der Waals surface area (Å²) in [5, 5.41) is 3.39. The van der Waals surface area contributed by atoms with Crippen molar-refractivity contribution in [1.82, 2.24) is 9.97 Å². The highest BCUT2D eigenvalue weighted by molar-refractivity contribution is 5.63. The Labute approximate surface area is 119 Å². The molecular weight excluding hydrogens is 248 g/mol. The Hall–Kier alpha value is -2.10. The Balaban J connectivity index is 1.91. The minimum absolute atomic E-state index is 0.459. The molecule has 104 valence electrons. The molecule has 0 atom stereocenters. The van der Waals surface area contributed by atoms with Crippen molar-refractivity contribution >= 4 is 17.3 Å². The molecule has 20 heavy (non-hydrogen) atoms. The van der Waals surface area contributed by atoms with Gasteiger partial charge in [0.05, 0.1) is 0 Å². The number of anilines is 3. The first kappa shape index (κ1) is 12.9. The van der Waals surface area contributed by atoms with Gasteiger partial charge < -0.3 is 11.1 Å². The maximum atomic E-state index is 5.89. The monoisotopic (exact) mass is 268 g/mol. The number of benzene rings is 1. The standard InChI is InChI=1S/C16H20N4/c1-10(2)12-5-3-4-6-13(12)18-15-9-14(17)19-16(20-15)11-7-8-11/h3-6,9-11H,7-8H2,1-2H3,(H3,17,18,19,20). The molecule has 1 aliphatic rings. The Morgan fingerprint density at radius 3 is 2.65 bits per heavy atom. The van der Waals surface area contributed by atoms with Crippen LogP contribution < -0.4 is 11.1 Å². The van der Waals surface area contributed by atoms with E-state index < -0.39 is 0 Å². The number of nitrogens with one attached hydrogen (secondary N) is 1. The summed E-state index contributed by atoms with van der Waals surface area (Å²) in [4.78, 5) is 8.91. The lowest BCUT2D eigenvalue weighted by molar-refractivity contribution is 0.868. The van der Waals surface area contributed by atoms with E-state index in [0.717, 1.165) is 17.3 Å². The summed E-state index contributed by atoms with van der Waals surface area (Å²) in [6.07, 6.45) is 2.34. The summed E-state index contributed by atoms with van der Waals surface area (Å²) < 4.78 is 0. The third kappa shape index (κ3) is 2.74. The highest BCUT2D eigenvalue weighted by atomic mass is 15.1. The summed E-state index contributed by atoms with van der Waals surface area (Å²) in [7, 11) is 0. The summed E-state index contributed by atoms with van der Waals surface area (Å²) in [6.45, 7) is 4.37. The van der Waals surface area contributed by atoms with Crippen LogP contribution in [0.1, 0.15) is 49.9 Å². The van der Waals surface area contributed by atoms with Crippen molar-refractivity contribution in [2.75, 3.05) is 11.1 Å². The fraction of sp³-hybridized carbons (Fsp3) is 0.375. The molecule has 0 bridgehead atoms. The first-order chi connectivity index (χ1) is 9.63. The van der Waals surface area contributed by atoms with Crippen LogP contribution in [0.4, 0.5) is 17.3 Å². The van der Waals surface area contributed by atoms with Gasteiger partial charge in [0.25, 0.3) is 0 Å². The van der Waals surface area contributed by atoms with E-state index in [2.05, 4.69) is 47.3 Å². The van der Waals surface area contributed by atoms with Crippen molar-refractivity contribution < 1.29 is 0 Å². The molecule has 0 saturated heterocycles. The van der Waals surface area contributed by atoms with Gasteiger partial charge in [0, 0.05) is 17.7 Å². The first-order valence-corrected chi connectivity index (χ1v) is 7.14. The van der Waals surface area contributed by atoms with Gasteiger partial charge >= 0.3 is 0 Å². The quantitative estimate of drug-likeness (QED) is 0.885. The van der Waals surface area contributed by atoms with Crippen molar-refractivity contribution in [2.45, 2.75) is 38.5 Å². The molecule has 1 aromatic heterocycles. The van der Waals surface area contributed by atoms with Gasteiger partial charge in [-0.25, -0.2) is 9.97 Å². The number of nitrogens with two attached hydrogens (primary N) is 1. The third-order valence-corrected chi connectivity index (χ3v) is 3.55. The van der Waals surface area contributed by atoms with Crippen molar-refractivity contribution in [3.8, 4) is 0 Å². The van der Waals surface area contributed by atoms with Crippen molar-refractivity contribution in [3.63, 3.8) is 0 Å². The molecule has 3 N–H and O–H groups in total. The SMILES string of the molecule is CC(C)c1ccccc1Nc1cc(N)nc(C2CC2)n1. The number of hydrogen-bond acceptors (Lipinski definition) is 4. The largest absolute Gasteiger partial charge is 0.384 e. The molecule has 2 aromatic rings. The molecule has 3 rings (SSSR count). The molecule has 4 nitrogen and oxygen atoms in total. The fourth-order valence-electron chi connectivity index (χ4n) is 2.33. The zero-order chi connectivity index (χ0) is 14.1. The van der Waals surface area contributed by atoms with Crippen molar-refractivity contribution in [3.05, 3.63) is 41.7 Å². The molecular formula is C16H20N4. The van der Waals surface area contributed by atoms with E-state index in [1.54, 1.807) is 6.07 Å². The fourth-order valence-corrected chi connectivity index (χ4v) is 2.33. The molecule has 1 heterocycles. The van der Waals surface area contributed by atoms with Crippen LogP contribution in [-0.2, 0) is 0 Å². The molecule has 1 aliphatic carbocycles. The van der Waals surface area contributed by atoms with E-state index in [4.69, 9.17) is 5.73 Å². The average molecular weight is 268 g/mol. The molecule has 0 unspecified atom stereocenters. The predicted octanol–water partition coefficient (Wildman–Crippen LogP) is 3.80. The van der Waals surface area contributed by atoms with Gasteiger partial charge in [-0.15, -0.1) is 0 Å². The van der Waals surface area contributed by atoms with Crippen molar-refractivity contribution in [1.29, 1.82) is 0 Å². The lowest BCUT2D eigenvalue weighted by Gasteiger charge is -2.14. The summed E-state index contributed by atoms with van der Waals surface area (Å²) in [6, 6.07) is 10.1. The van der Waals surface area contributed by atoms with E-state index >= 15 is 0 Å². The smallest absolute Gasteiger partial charge is 0.136 e. The second-order valence-electron chi connectivity index (χ2n) is 5.68. The highest BCUT2D eigenvalue weighted by Gasteiger charge is 2.27. The maximum absolute atomic E-state index is 5.89. The van der Waals surface area contributed by atoms with E-state index in [0.29, 0.717) is 17.7 Å². The van der Waals surface area contributed by atoms with Gasteiger partial charge in [0.15, 0.2) is 0 Å². The second-order valence-corrected chi connectivity index (χ2v) is 5.68. The Kier molecular flexibility index (Phi) is 3.30. The van der Waals surface area contributed by atoms with Crippen LogP contribution in [-0.4, -0.2) is 9.97 Å². The normalized spacial score (nSPS) is 14.6. The average Bonchev–Trinajstić information content (AvgIpc) is 3.22. The lowest BCUT2D eigenvalue weighted by atomic mass is 10.0. The van der Waals surface area contributed by atoms with Crippen molar-refractivity contribution in [2.24, 2.45) is 0 Å². The lowest BCUT2D eigenvalue weighted by Crippen LogP contribution is -2.04. The van der Waals surface area contributed by atoms with Crippen LogP contribution in [0.3, 0.4) is 0 Å². The first-order valence-electron chi connectivity index (χ1n) is 7.14. The van der Waals surface area contributed by atoms with Crippen LogP contribution in [0.5, 0.6) is 0 Å². The van der Waals surface area contributed by atoms with Crippen LogP contribution in [0.25, 0.3) is 0 Å². The zero-order valence-electron chi connectivity index (χ0n) is 11.9. The molecule has 0 radical (unpaired) electrons. The number of rotatable bonds is 4. The number of para-hydroxylation sites is 1. The summed E-state index contributed by atoms with van der Waals surface area (Å²) in [5.41, 5.74) is 8.25. The van der Waals surface area contributed by atoms with Crippen LogP contribution in [0, 0.1) is 0 Å². The minimum Gasteiger partial charge on any atom is -0.384 e. The van der Waals surface area contributed by atoms with E-state index in [-0.39, 0.29) is 0 Å². The molecule has 1 saturated carbocycles. The van der Waals surface area contributed by atoms with Gasteiger partial charge in [0.2, 0.25) is 0 Å². The molecule has 4 heteroatoms. The van der Waals surface area contributed by atoms with Crippen LogP contribution in [0.15, 0.2) is 30.3 Å².